The highest BCUT2D eigenvalue weighted by Crippen LogP contribution is 2.17. The van der Waals surface area contributed by atoms with Crippen molar-refractivity contribution in [3.63, 3.8) is 0 Å². The van der Waals surface area contributed by atoms with E-state index < -0.39 is 5.97 Å². The first kappa shape index (κ1) is 16.0. The van der Waals surface area contributed by atoms with Crippen LogP contribution in [0.4, 0.5) is 0 Å². The first-order valence-electron chi connectivity index (χ1n) is 6.68. The molecule has 0 bridgehead atoms. The van der Waals surface area contributed by atoms with Gasteiger partial charge in [-0.1, -0.05) is 12.1 Å². The number of unbranched alkanes of at least 4 members (excludes halogenated alkanes) is 1. The summed E-state index contributed by atoms with van der Waals surface area (Å²) >= 11 is 0. The third kappa shape index (κ3) is 5.73. The van der Waals surface area contributed by atoms with Crippen molar-refractivity contribution in [1.29, 1.82) is 0 Å². The number of hydrogen-bond donors (Lipinski definition) is 2. The average Bonchev–Trinajstić information content (AvgIpc) is 2.43. The lowest BCUT2D eigenvalue weighted by Gasteiger charge is -2.14. The molecule has 0 aliphatic heterocycles. The Morgan fingerprint density at radius 1 is 1.20 bits per heavy atom. The molecule has 0 saturated carbocycles. The minimum atomic E-state index is -0.822. The van der Waals surface area contributed by atoms with E-state index in [4.69, 9.17) is 9.84 Å². The molecule has 0 aliphatic carbocycles. The standard InChI is InChI=1S/C15H21NO4/c1-11(12-7-9-13(20-2)10-8-12)16-14(17)5-3-4-6-15(18)19/h7-11H,3-6H2,1-2H3,(H,16,17)(H,18,19)/t11-/m1/s1. The number of rotatable bonds is 8. The monoisotopic (exact) mass is 279 g/mol. The highest BCUT2D eigenvalue weighted by atomic mass is 16.5. The van der Waals surface area contributed by atoms with E-state index in [0.717, 1.165) is 11.3 Å². The van der Waals surface area contributed by atoms with E-state index in [2.05, 4.69) is 5.32 Å². The van der Waals surface area contributed by atoms with Crippen LogP contribution in [0.2, 0.25) is 0 Å². The molecule has 0 saturated heterocycles. The van der Waals surface area contributed by atoms with Crippen molar-refractivity contribution in [2.75, 3.05) is 7.11 Å². The van der Waals surface area contributed by atoms with Crippen LogP contribution in [0.15, 0.2) is 24.3 Å². The van der Waals surface area contributed by atoms with E-state index in [1.54, 1.807) is 7.11 Å². The van der Waals surface area contributed by atoms with Crippen LogP contribution in [-0.4, -0.2) is 24.1 Å². The number of amides is 1. The van der Waals surface area contributed by atoms with Crippen LogP contribution in [0, 0.1) is 0 Å². The van der Waals surface area contributed by atoms with Crippen molar-refractivity contribution < 1.29 is 19.4 Å². The Hall–Kier alpha value is -2.04. The number of nitrogens with one attached hydrogen (secondary N) is 1. The molecule has 1 rings (SSSR count). The molecule has 0 fully saturated rings. The number of carbonyl (C=O) groups excluding carboxylic acids is 1. The summed E-state index contributed by atoms with van der Waals surface area (Å²) < 4.78 is 5.08. The predicted octanol–water partition coefficient (Wildman–Crippen LogP) is 2.52. The summed E-state index contributed by atoms with van der Waals surface area (Å²) in [6.45, 7) is 1.91. The lowest BCUT2D eigenvalue weighted by molar-refractivity contribution is -0.137. The van der Waals surface area contributed by atoms with Gasteiger partial charge < -0.3 is 15.2 Å². The van der Waals surface area contributed by atoms with Gasteiger partial charge in [0, 0.05) is 12.8 Å². The van der Waals surface area contributed by atoms with Crippen molar-refractivity contribution >= 4 is 11.9 Å². The molecule has 2 N–H and O–H groups in total. The molecule has 0 spiro atoms. The molecule has 0 heterocycles. The van der Waals surface area contributed by atoms with Crippen LogP contribution in [0.3, 0.4) is 0 Å². The second-order valence-corrected chi connectivity index (χ2v) is 4.66. The molecule has 5 nitrogen and oxygen atoms in total. The summed E-state index contributed by atoms with van der Waals surface area (Å²) in [5.41, 5.74) is 1.00. The maximum absolute atomic E-state index is 11.7. The maximum Gasteiger partial charge on any atom is 0.303 e. The molecule has 1 aromatic rings. The van der Waals surface area contributed by atoms with Gasteiger partial charge in [-0.25, -0.2) is 0 Å². The summed E-state index contributed by atoms with van der Waals surface area (Å²) in [6.07, 6.45) is 1.59. The molecule has 0 aromatic heterocycles. The van der Waals surface area contributed by atoms with Gasteiger partial charge in [0.25, 0.3) is 0 Å². The number of carboxylic acids is 1. The second kappa shape index (κ2) is 8.19. The molecular weight excluding hydrogens is 258 g/mol. The van der Waals surface area contributed by atoms with Gasteiger partial charge in [-0.15, -0.1) is 0 Å². The zero-order valence-electron chi connectivity index (χ0n) is 11.9. The highest BCUT2D eigenvalue weighted by Gasteiger charge is 2.09. The van der Waals surface area contributed by atoms with Gasteiger partial charge in [-0.05, 0) is 37.5 Å². The third-order valence-corrected chi connectivity index (χ3v) is 3.04. The van der Waals surface area contributed by atoms with Crippen molar-refractivity contribution in [3.8, 4) is 5.75 Å². The number of benzene rings is 1. The van der Waals surface area contributed by atoms with Crippen molar-refractivity contribution in [1.82, 2.24) is 5.32 Å². The Morgan fingerprint density at radius 3 is 2.35 bits per heavy atom. The van der Waals surface area contributed by atoms with E-state index in [1.165, 1.54) is 0 Å². The maximum atomic E-state index is 11.7. The predicted molar refractivity (Wildman–Crippen MR) is 75.7 cm³/mol. The molecular formula is C15H21NO4. The van der Waals surface area contributed by atoms with Gasteiger partial charge in [0.05, 0.1) is 13.2 Å². The number of carboxylic acid groups (broad SMARTS) is 1. The summed E-state index contributed by atoms with van der Waals surface area (Å²) in [5, 5.41) is 11.4. The summed E-state index contributed by atoms with van der Waals surface area (Å²) in [4.78, 5) is 22.1. The zero-order valence-corrected chi connectivity index (χ0v) is 11.9. The minimum Gasteiger partial charge on any atom is -0.497 e. The lowest BCUT2D eigenvalue weighted by atomic mass is 10.1. The molecule has 0 radical (unpaired) electrons. The summed E-state index contributed by atoms with van der Waals surface area (Å²) in [7, 11) is 1.61. The van der Waals surface area contributed by atoms with Crippen LogP contribution < -0.4 is 10.1 Å². The first-order chi connectivity index (χ1) is 9.52. The first-order valence-corrected chi connectivity index (χ1v) is 6.68. The summed E-state index contributed by atoms with van der Waals surface area (Å²) in [5.74, 6) is -0.100. The van der Waals surface area contributed by atoms with Crippen molar-refractivity contribution in [2.45, 2.75) is 38.6 Å². The van der Waals surface area contributed by atoms with E-state index in [9.17, 15) is 9.59 Å². The Morgan fingerprint density at radius 2 is 1.80 bits per heavy atom. The molecule has 1 aromatic carbocycles. The lowest BCUT2D eigenvalue weighted by Crippen LogP contribution is -2.26. The van der Waals surface area contributed by atoms with E-state index >= 15 is 0 Å². The second-order valence-electron chi connectivity index (χ2n) is 4.66. The Kier molecular flexibility index (Phi) is 6.56. The SMILES string of the molecule is COc1ccc([C@@H](C)NC(=O)CCCCC(=O)O)cc1. The topological polar surface area (TPSA) is 75.6 Å². The number of hydrogen-bond acceptors (Lipinski definition) is 3. The van der Waals surface area contributed by atoms with Gasteiger partial charge in [0.1, 0.15) is 5.75 Å². The van der Waals surface area contributed by atoms with E-state index in [0.29, 0.717) is 19.3 Å². The fraction of sp³-hybridized carbons (Fsp3) is 0.467. The third-order valence-electron chi connectivity index (χ3n) is 3.04. The quantitative estimate of drug-likeness (QED) is 0.717. The Bertz CT molecular complexity index is 442. The molecule has 1 amide bonds. The van der Waals surface area contributed by atoms with Crippen LogP contribution in [0.5, 0.6) is 5.75 Å². The van der Waals surface area contributed by atoms with Gasteiger partial charge in [-0.2, -0.15) is 0 Å². The minimum absolute atomic E-state index is 0.0568. The van der Waals surface area contributed by atoms with Crippen LogP contribution in [0.25, 0.3) is 0 Å². The molecule has 0 aliphatic rings. The van der Waals surface area contributed by atoms with Crippen molar-refractivity contribution in [3.05, 3.63) is 29.8 Å². The summed E-state index contributed by atoms with van der Waals surface area (Å²) in [6, 6.07) is 7.45. The van der Waals surface area contributed by atoms with Gasteiger partial charge in [0.2, 0.25) is 5.91 Å². The highest BCUT2D eigenvalue weighted by molar-refractivity contribution is 5.76. The molecule has 1 atom stereocenters. The number of methoxy groups -OCH3 is 1. The molecule has 5 heteroatoms. The number of ether oxygens (including phenoxy) is 1. The molecule has 110 valence electrons. The van der Waals surface area contributed by atoms with E-state index in [1.807, 2.05) is 31.2 Å². The Labute approximate surface area is 118 Å². The zero-order chi connectivity index (χ0) is 15.0. The van der Waals surface area contributed by atoms with Crippen LogP contribution in [-0.2, 0) is 9.59 Å². The van der Waals surface area contributed by atoms with Gasteiger partial charge >= 0.3 is 5.97 Å². The average molecular weight is 279 g/mol. The fourth-order valence-corrected chi connectivity index (χ4v) is 1.85. The largest absolute Gasteiger partial charge is 0.497 e. The van der Waals surface area contributed by atoms with Gasteiger partial charge in [-0.3, -0.25) is 9.59 Å². The smallest absolute Gasteiger partial charge is 0.303 e. The Balaban J connectivity index is 2.34. The van der Waals surface area contributed by atoms with Gasteiger partial charge in [0.15, 0.2) is 0 Å². The normalized spacial score (nSPS) is 11.7. The van der Waals surface area contributed by atoms with Crippen LogP contribution >= 0.6 is 0 Å². The fourth-order valence-electron chi connectivity index (χ4n) is 1.85. The molecule has 0 unspecified atom stereocenters. The number of carbonyl (C=O) groups is 2. The van der Waals surface area contributed by atoms with E-state index in [-0.39, 0.29) is 18.4 Å². The molecule has 20 heavy (non-hydrogen) atoms. The van der Waals surface area contributed by atoms with Crippen LogP contribution in [0.1, 0.15) is 44.2 Å². The number of aliphatic carboxylic acids is 1. The van der Waals surface area contributed by atoms with Crippen molar-refractivity contribution in [2.24, 2.45) is 0 Å².